The summed E-state index contributed by atoms with van der Waals surface area (Å²) in [5.41, 5.74) is 8.00. The van der Waals surface area contributed by atoms with Crippen molar-refractivity contribution in [2.45, 2.75) is 13.0 Å². The molecular formula is C13H13FN2. The van der Waals surface area contributed by atoms with Crippen LogP contribution < -0.4 is 5.73 Å². The number of hydrogen-bond acceptors (Lipinski definition) is 2. The van der Waals surface area contributed by atoms with Crippen LogP contribution in [0.25, 0.3) is 0 Å². The summed E-state index contributed by atoms with van der Waals surface area (Å²) >= 11 is 0. The average molecular weight is 216 g/mol. The van der Waals surface area contributed by atoms with Gasteiger partial charge in [0.2, 0.25) is 0 Å². The van der Waals surface area contributed by atoms with Crippen molar-refractivity contribution in [2.24, 2.45) is 5.73 Å². The van der Waals surface area contributed by atoms with E-state index in [0.717, 1.165) is 11.3 Å². The molecule has 0 saturated carbocycles. The average Bonchev–Trinajstić information content (AvgIpc) is 2.33. The molecule has 1 aromatic carbocycles. The summed E-state index contributed by atoms with van der Waals surface area (Å²) < 4.78 is 13.2. The van der Waals surface area contributed by atoms with Crippen LogP contribution in [0, 0.1) is 5.82 Å². The van der Waals surface area contributed by atoms with Crippen LogP contribution in [0.4, 0.5) is 4.39 Å². The zero-order chi connectivity index (χ0) is 11.4. The molecular weight excluding hydrogens is 203 g/mol. The quantitative estimate of drug-likeness (QED) is 0.854. The number of nitrogens with two attached hydrogens (primary N) is 1. The lowest BCUT2D eigenvalue weighted by Gasteiger charge is -2.04. The summed E-state index contributed by atoms with van der Waals surface area (Å²) in [6.07, 6.45) is 2.46. The SMILES string of the molecule is NCc1cc(Cc2ccccn2)ccc1F. The normalized spacial score (nSPS) is 10.4. The number of hydrogen-bond donors (Lipinski definition) is 1. The second kappa shape index (κ2) is 4.86. The van der Waals surface area contributed by atoms with E-state index in [4.69, 9.17) is 5.73 Å². The van der Waals surface area contributed by atoms with E-state index < -0.39 is 0 Å². The van der Waals surface area contributed by atoms with Gasteiger partial charge in [0.25, 0.3) is 0 Å². The van der Waals surface area contributed by atoms with Gasteiger partial charge in [-0.15, -0.1) is 0 Å². The zero-order valence-electron chi connectivity index (χ0n) is 8.86. The van der Waals surface area contributed by atoms with Crippen molar-refractivity contribution in [1.29, 1.82) is 0 Å². The molecule has 0 radical (unpaired) electrons. The first kappa shape index (κ1) is 10.8. The summed E-state index contributed by atoms with van der Waals surface area (Å²) in [5, 5.41) is 0. The first-order valence-electron chi connectivity index (χ1n) is 5.17. The molecule has 0 unspecified atom stereocenters. The first-order chi connectivity index (χ1) is 7.79. The van der Waals surface area contributed by atoms with E-state index in [1.165, 1.54) is 6.07 Å². The number of benzene rings is 1. The lowest BCUT2D eigenvalue weighted by atomic mass is 10.1. The standard InChI is InChI=1S/C13H13FN2/c14-13-5-4-10(7-11(13)9-15)8-12-3-1-2-6-16-12/h1-7H,8-9,15H2. The third kappa shape index (κ3) is 2.44. The van der Waals surface area contributed by atoms with Crippen molar-refractivity contribution in [3.8, 4) is 0 Å². The lowest BCUT2D eigenvalue weighted by Crippen LogP contribution is -2.01. The largest absolute Gasteiger partial charge is 0.326 e. The van der Waals surface area contributed by atoms with Crippen molar-refractivity contribution in [2.75, 3.05) is 0 Å². The molecule has 0 aliphatic rings. The second-order valence-electron chi connectivity index (χ2n) is 3.63. The minimum absolute atomic E-state index is 0.224. The predicted molar refractivity (Wildman–Crippen MR) is 61.3 cm³/mol. The molecule has 3 heteroatoms. The van der Waals surface area contributed by atoms with E-state index in [0.29, 0.717) is 12.0 Å². The highest BCUT2D eigenvalue weighted by atomic mass is 19.1. The summed E-state index contributed by atoms with van der Waals surface area (Å²) in [6, 6.07) is 10.8. The summed E-state index contributed by atoms with van der Waals surface area (Å²) in [4.78, 5) is 4.23. The van der Waals surface area contributed by atoms with Gasteiger partial charge in [0.05, 0.1) is 0 Å². The molecule has 82 valence electrons. The highest BCUT2D eigenvalue weighted by molar-refractivity contribution is 5.28. The Labute approximate surface area is 93.9 Å². The summed E-state index contributed by atoms with van der Waals surface area (Å²) in [5.74, 6) is -0.243. The summed E-state index contributed by atoms with van der Waals surface area (Å²) in [7, 11) is 0. The minimum atomic E-state index is -0.243. The number of aromatic nitrogens is 1. The van der Waals surface area contributed by atoms with Gasteiger partial charge < -0.3 is 5.73 Å². The molecule has 0 fully saturated rings. The molecule has 16 heavy (non-hydrogen) atoms. The number of rotatable bonds is 3. The van der Waals surface area contributed by atoms with Gasteiger partial charge in [-0.1, -0.05) is 18.2 Å². The Morgan fingerprint density at radius 2 is 2.06 bits per heavy atom. The maximum Gasteiger partial charge on any atom is 0.127 e. The molecule has 1 heterocycles. The molecule has 2 nitrogen and oxygen atoms in total. The van der Waals surface area contributed by atoms with Crippen LogP contribution in [0.3, 0.4) is 0 Å². The Morgan fingerprint density at radius 1 is 1.19 bits per heavy atom. The van der Waals surface area contributed by atoms with Crippen LogP contribution in [0.1, 0.15) is 16.8 Å². The Hall–Kier alpha value is -1.74. The number of pyridine rings is 1. The van der Waals surface area contributed by atoms with Gasteiger partial charge in [-0.25, -0.2) is 4.39 Å². The van der Waals surface area contributed by atoms with E-state index in [2.05, 4.69) is 4.98 Å². The van der Waals surface area contributed by atoms with E-state index >= 15 is 0 Å². The van der Waals surface area contributed by atoms with Gasteiger partial charge in [0.15, 0.2) is 0 Å². The van der Waals surface area contributed by atoms with Crippen molar-refractivity contribution in [3.63, 3.8) is 0 Å². The van der Waals surface area contributed by atoms with Gasteiger partial charge in [0.1, 0.15) is 5.82 Å². The van der Waals surface area contributed by atoms with Crippen LogP contribution in [0.2, 0.25) is 0 Å². The smallest absolute Gasteiger partial charge is 0.127 e. The summed E-state index contributed by atoms with van der Waals surface area (Å²) in [6.45, 7) is 0.224. The first-order valence-corrected chi connectivity index (χ1v) is 5.17. The van der Waals surface area contributed by atoms with Gasteiger partial charge >= 0.3 is 0 Å². The lowest BCUT2D eigenvalue weighted by molar-refractivity contribution is 0.609. The van der Waals surface area contributed by atoms with Gasteiger partial charge in [0, 0.05) is 30.4 Å². The molecule has 0 spiro atoms. The number of halogens is 1. The van der Waals surface area contributed by atoms with E-state index in [-0.39, 0.29) is 12.4 Å². The zero-order valence-corrected chi connectivity index (χ0v) is 8.86. The highest BCUT2D eigenvalue weighted by Gasteiger charge is 2.03. The van der Waals surface area contributed by atoms with Gasteiger partial charge in [-0.2, -0.15) is 0 Å². The molecule has 2 rings (SSSR count). The molecule has 2 aromatic rings. The molecule has 2 N–H and O–H groups in total. The molecule has 0 aliphatic heterocycles. The Bertz CT molecular complexity index is 469. The fraction of sp³-hybridized carbons (Fsp3) is 0.154. The maximum atomic E-state index is 13.2. The minimum Gasteiger partial charge on any atom is -0.326 e. The van der Waals surface area contributed by atoms with Crippen molar-refractivity contribution in [3.05, 3.63) is 65.2 Å². The van der Waals surface area contributed by atoms with E-state index in [1.54, 1.807) is 18.3 Å². The molecule has 0 bridgehead atoms. The van der Waals surface area contributed by atoms with Crippen molar-refractivity contribution < 1.29 is 4.39 Å². The highest BCUT2D eigenvalue weighted by Crippen LogP contribution is 2.12. The molecule has 1 aromatic heterocycles. The van der Waals surface area contributed by atoms with Crippen LogP contribution in [-0.4, -0.2) is 4.98 Å². The van der Waals surface area contributed by atoms with Crippen LogP contribution in [0.5, 0.6) is 0 Å². The molecule has 0 atom stereocenters. The Balaban J connectivity index is 2.22. The predicted octanol–water partition coefficient (Wildman–Crippen LogP) is 2.27. The Kier molecular flexibility index (Phi) is 3.27. The fourth-order valence-corrected chi connectivity index (χ4v) is 1.61. The van der Waals surface area contributed by atoms with Crippen molar-refractivity contribution >= 4 is 0 Å². The van der Waals surface area contributed by atoms with E-state index in [9.17, 15) is 4.39 Å². The van der Waals surface area contributed by atoms with Crippen LogP contribution in [-0.2, 0) is 13.0 Å². The topological polar surface area (TPSA) is 38.9 Å². The maximum absolute atomic E-state index is 13.2. The number of nitrogens with zero attached hydrogens (tertiary/aromatic N) is 1. The third-order valence-electron chi connectivity index (χ3n) is 2.44. The fourth-order valence-electron chi connectivity index (χ4n) is 1.61. The van der Waals surface area contributed by atoms with Crippen LogP contribution >= 0.6 is 0 Å². The van der Waals surface area contributed by atoms with E-state index in [1.807, 2.05) is 18.2 Å². The van der Waals surface area contributed by atoms with Gasteiger partial charge in [-0.05, 0) is 23.8 Å². The van der Waals surface area contributed by atoms with Crippen molar-refractivity contribution in [1.82, 2.24) is 4.98 Å². The second-order valence-corrected chi connectivity index (χ2v) is 3.63. The van der Waals surface area contributed by atoms with Gasteiger partial charge in [-0.3, -0.25) is 4.98 Å². The van der Waals surface area contributed by atoms with Crippen LogP contribution in [0.15, 0.2) is 42.6 Å². The Morgan fingerprint density at radius 3 is 2.75 bits per heavy atom. The molecule has 0 amide bonds. The monoisotopic (exact) mass is 216 g/mol. The molecule has 0 aliphatic carbocycles. The molecule has 0 saturated heterocycles. The third-order valence-corrected chi connectivity index (χ3v) is 2.44.